The van der Waals surface area contributed by atoms with E-state index in [0.29, 0.717) is 18.3 Å². The Morgan fingerprint density at radius 3 is 3.00 bits per heavy atom. The zero-order valence-electron chi connectivity index (χ0n) is 8.66. The van der Waals surface area contributed by atoms with Crippen LogP contribution in [0.3, 0.4) is 0 Å². The number of carbonyl (C=O) groups is 1. The van der Waals surface area contributed by atoms with Gasteiger partial charge in [-0.05, 0) is 12.1 Å². The number of hydrogen-bond acceptors (Lipinski definition) is 2. The lowest BCUT2D eigenvalue weighted by Gasteiger charge is -1.99. The summed E-state index contributed by atoms with van der Waals surface area (Å²) in [6, 6.07) is 7.88. The van der Waals surface area contributed by atoms with Gasteiger partial charge in [0.1, 0.15) is 5.82 Å². The molecule has 5 heteroatoms. The van der Waals surface area contributed by atoms with Crippen molar-refractivity contribution in [1.29, 1.82) is 0 Å². The third kappa shape index (κ3) is 2.61. The summed E-state index contributed by atoms with van der Waals surface area (Å²) in [5, 5.41) is 3.12. The molecule has 0 unspecified atom stereocenters. The molecule has 0 aliphatic heterocycles. The number of carbonyl (C=O) groups excluding carboxylic acids is 1. The highest BCUT2D eigenvalue weighted by atomic mass is 79.9. The molecule has 2 N–H and O–H groups in total. The maximum absolute atomic E-state index is 11.0. The van der Waals surface area contributed by atoms with Crippen molar-refractivity contribution in [1.82, 2.24) is 15.3 Å². The summed E-state index contributed by atoms with van der Waals surface area (Å²) in [5.74, 6) is 0.896. The summed E-state index contributed by atoms with van der Waals surface area (Å²) in [7, 11) is 0. The van der Waals surface area contributed by atoms with Crippen molar-refractivity contribution in [3.63, 3.8) is 0 Å². The number of amides is 1. The molecule has 0 aliphatic rings. The number of benzene rings is 1. The molecular formula is C11H12BrN3O. The van der Waals surface area contributed by atoms with Crippen LogP contribution in [-0.4, -0.2) is 27.7 Å². The largest absolute Gasteiger partial charge is 0.355 e. The van der Waals surface area contributed by atoms with Gasteiger partial charge in [0.25, 0.3) is 0 Å². The summed E-state index contributed by atoms with van der Waals surface area (Å²) in [6.45, 7) is 0.601. The van der Waals surface area contributed by atoms with Crippen LogP contribution in [0.1, 0.15) is 5.82 Å². The second kappa shape index (κ2) is 5.12. The molecule has 16 heavy (non-hydrogen) atoms. The number of halogens is 1. The highest BCUT2D eigenvalue weighted by molar-refractivity contribution is 9.09. The van der Waals surface area contributed by atoms with Gasteiger partial charge in [0.15, 0.2) is 0 Å². The number of rotatable bonds is 4. The molecule has 0 spiro atoms. The lowest BCUT2D eigenvalue weighted by atomic mass is 10.3. The Morgan fingerprint density at radius 1 is 1.44 bits per heavy atom. The minimum absolute atomic E-state index is 0.00360. The standard InChI is InChI=1S/C11H12BrN3O/c12-7-11(16)13-6-5-10-14-8-3-1-2-4-9(8)15-10/h1-4H,5-7H2,(H,13,16)(H,14,15). The Morgan fingerprint density at radius 2 is 2.25 bits per heavy atom. The number of aromatic nitrogens is 2. The van der Waals surface area contributed by atoms with Crippen LogP contribution < -0.4 is 5.32 Å². The monoisotopic (exact) mass is 281 g/mol. The van der Waals surface area contributed by atoms with Crippen molar-refractivity contribution < 1.29 is 4.79 Å². The molecule has 2 rings (SSSR count). The van der Waals surface area contributed by atoms with Gasteiger partial charge >= 0.3 is 0 Å². The van der Waals surface area contributed by atoms with Crippen molar-refractivity contribution >= 4 is 32.9 Å². The predicted molar refractivity (Wildman–Crippen MR) is 66.6 cm³/mol. The van der Waals surface area contributed by atoms with Gasteiger partial charge in [-0.2, -0.15) is 0 Å². The van der Waals surface area contributed by atoms with E-state index < -0.39 is 0 Å². The zero-order valence-corrected chi connectivity index (χ0v) is 10.3. The van der Waals surface area contributed by atoms with Gasteiger partial charge in [-0.3, -0.25) is 4.79 Å². The van der Waals surface area contributed by atoms with Gasteiger partial charge in [0.2, 0.25) is 5.91 Å². The first kappa shape index (κ1) is 11.1. The fourth-order valence-electron chi connectivity index (χ4n) is 1.49. The number of para-hydroxylation sites is 2. The topological polar surface area (TPSA) is 57.8 Å². The first-order valence-electron chi connectivity index (χ1n) is 5.06. The van der Waals surface area contributed by atoms with Crippen molar-refractivity contribution in [2.45, 2.75) is 6.42 Å². The number of alkyl halides is 1. The molecule has 1 heterocycles. The van der Waals surface area contributed by atoms with Crippen LogP contribution in [0.5, 0.6) is 0 Å². The molecule has 0 saturated heterocycles. The lowest BCUT2D eigenvalue weighted by molar-refractivity contribution is -0.118. The molecule has 0 atom stereocenters. The molecule has 4 nitrogen and oxygen atoms in total. The van der Waals surface area contributed by atoms with Gasteiger partial charge in [0, 0.05) is 13.0 Å². The van der Waals surface area contributed by atoms with E-state index in [9.17, 15) is 4.79 Å². The number of hydrogen-bond donors (Lipinski definition) is 2. The molecule has 1 amide bonds. The smallest absolute Gasteiger partial charge is 0.230 e. The number of aromatic amines is 1. The fourth-order valence-corrected chi connectivity index (χ4v) is 1.69. The minimum Gasteiger partial charge on any atom is -0.355 e. The first-order chi connectivity index (χ1) is 7.79. The van der Waals surface area contributed by atoms with E-state index in [1.165, 1.54) is 0 Å². The summed E-state index contributed by atoms with van der Waals surface area (Å²) in [4.78, 5) is 18.6. The van der Waals surface area contributed by atoms with Crippen LogP contribution in [-0.2, 0) is 11.2 Å². The Hall–Kier alpha value is -1.36. The van der Waals surface area contributed by atoms with Crippen LogP contribution in [0.2, 0.25) is 0 Å². The molecule has 84 valence electrons. The van der Waals surface area contributed by atoms with Crippen LogP contribution in [0.15, 0.2) is 24.3 Å². The molecule has 1 aromatic carbocycles. The average molecular weight is 282 g/mol. The average Bonchev–Trinajstić information content (AvgIpc) is 2.71. The van der Waals surface area contributed by atoms with Crippen molar-refractivity contribution in [3.05, 3.63) is 30.1 Å². The van der Waals surface area contributed by atoms with Gasteiger partial charge in [-0.15, -0.1) is 0 Å². The molecule has 0 fully saturated rings. The third-order valence-electron chi connectivity index (χ3n) is 2.24. The second-order valence-corrected chi connectivity index (χ2v) is 3.99. The summed E-state index contributed by atoms with van der Waals surface area (Å²) >= 11 is 3.09. The van der Waals surface area contributed by atoms with Gasteiger partial charge in [-0.1, -0.05) is 28.1 Å². The van der Waals surface area contributed by atoms with Crippen LogP contribution in [0.4, 0.5) is 0 Å². The minimum atomic E-state index is -0.00360. The highest BCUT2D eigenvalue weighted by Gasteiger charge is 2.02. The molecule has 0 saturated carbocycles. The normalized spacial score (nSPS) is 10.6. The Balaban J connectivity index is 1.97. The third-order valence-corrected chi connectivity index (χ3v) is 2.75. The van der Waals surface area contributed by atoms with Gasteiger partial charge in [-0.25, -0.2) is 4.98 Å². The van der Waals surface area contributed by atoms with E-state index in [1.807, 2.05) is 24.3 Å². The van der Waals surface area contributed by atoms with Crippen molar-refractivity contribution in [2.24, 2.45) is 0 Å². The first-order valence-corrected chi connectivity index (χ1v) is 6.18. The van der Waals surface area contributed by atoms with Crippen LogP contribution in [0, 0.1) is 0 Å². The predicted octanol–water partition coefficient (Wildman–Crippen LogP) is 1.62. The quantitative estimate of drug-likeness (QED) is 0.837. The fraction of sp³-hybridized carbons (Fsp3) is 0.273. The second-order valence-electron chi connectivity index (χ2n) is 3.43. The zero-order chi connectivity index (χ0) is 11.4. The van der Waals surface area contributed by atoms with E-state index in [2.05, 4.69) is 31.2 Å². The van der Waals surface area contributed by atoms with Gasteiger partial charge in [0.05, 0.1) is 16.4 Å². The highest BCUT2D eigenvalue weighted by Crippen LogP contribution is 2.10. The van der Waals surface area contributed by atoms with E-state index >= 15 is 0 Å². The maximum Gasteiger partial charge on any atom is 0.230 e. The van der Waals surface area contributed by atoms with E-state index in [1.54, 1.807) is 0 Å². The van der Waals surface area contributed by atoms with Crippen molar-refractivity contribution in [2.75, 3.05) is 11.9 Å². The van der Waals surface area contributed by atoms with E-state index in [-0.39, 0.29) is 5.91 Å². The summed E-state index contributed by atoms with van der Waals surface area (Å²) < 4.78 is 0. The van der Waals surface area contributed by atoms with Crippen LogP contribution >= 0.6 is 15.9 Å². The molecule has 0 bridgehead atoms. The molecule has 1 aromatic heterocycles. The summed E-state index contributed by atoms with van der Waals surface area (Å²) in [5.41, 5.74) is 1.99. The van der Waals surface area contributed by atoms with Gasteiger partial charge < -0.3 is 10.3 Å². The van der Waals surface area contributed by atoms with Crippen LogP contribution in [0.25, 0.3) is 11.0 Å². The number of nitrogens with one attached hydrogen (secondary N) is 2. The van der Waals surface area contributed by atoms with E-state index in [4.69, 9.17) is 0 Å². The summed E-state index contributed by atoms with van der Waals surface area (Å²) in [6.07, 6.45) is 0.716. The molecular weight excluding hydrogens is 270 g/mol. The Labute approximate surface area is 102 Å². The lowest BCUT2D eigenvalue weighted by Crippen LogP contribution is -2.26. The number of imidazole rings is 1. The van der Waals surface area contributed by atoms with E-state index in [0.717, 1.165) is 16.9 Å². The Bertz CT molecular complexity index is 462. The molecule has 0 radical (unpaired) electrons. The number of nitrogens with zero attached hydrogens (tertiary/aromatic N) is 1. The SMILES string of the molecule is O=C(CBr)NCCc1nc2ccccc2[nH]1. The Kier molecular flexibility index (Phi) is 3.56. The number of H-pyrrole nitrogens is 1. The molecule has 2 aromatic rings. The maximum atomic E-state index is 11.0. The van der Waals surface area contributed by atoms with Crippen molar-refractivity contribution in [3.8, 4) is 0 Å². The molecule has 0 aliphatic carbocycles. The number of fused-ring (bicyclic) bond motifs is 1.